The molecule has 2 saturated carbocycles. The van der Waals surface area contributed by atoms with Crippen molar-refractivity contribution in [3.05, 3.63) is 33.5 Å². The monoisotopic (exact) mass is 427 g/mol. The lowest BCUT2D eigenvalue weighted by molar-refractivity contribution is -0.117. The van der Waals surface area contributed by atoms with Gasteiger partial charge < -0.3 is 9.64 Å². The molecule has 1 aliphatic heterocycles. The van der Waals surface area contributed by atoms with Gasteiger partial charge in [0.1, 0.15) is 11.4 Å². The molecule has 2 fully saturated rings. The van der Waals surface area contributed by atoms with Crippen molar-refractivity contribution in [2.24, 2.45) is 0 Å². The smallest absolute Gasteiger partial charge is 0.341 e. The van der Waals surface area contributed by atoms with Gasteiger partial charge in [0, 0.05) is 30.3 Å². The first kappa shape index (κ1) is 19.1. The average Bonchev–Trinajstić information content (AvgIpc) is 3.66. The minimum absolute atomic E-state index is 0.0698. The van der Waals surface area contributed by atoms with Crippen molar-refractivity contribution < 1.29 is 19.1 Å². The van der Waals surface area contributed by atoms with Gasteiger partial charge in [-0.3, -0.25) is 14.9 Å². The highest BCUT2D eigenvalue weighted by molar-refractivity contribution is 7.14. The minimum atomic E-state index is -0.519. The van der Waals surface area contributed by atoms with Crippen LogP contribution in [0.3, 0.4) is 0 Å². The number of rotatable bonds is 6. The van der Waals surface area contributed by atoms with Crippen LogP contribution in [-0.2, 0) is 14.9 Å². The SMILES string of the molecule is CCOC(=O)c1cnc(NC(=O)CN2CC3(CC3)c3nc(C4CC4)sc3C2=O)nc1. The summed E-state index contributed by atoms with van der Waals surface area (Å²) >= 11 is 1.50. The number of amides is 2. The lowest BCUT2D eigenvalue weighted by atomic mass is 9.96. The van der Waals surface area contributed by atoms with E-state index in [1.54, 1.807) is 11.8 Å². The Hall–Kier alpha value is -2.88. The average molecular weight is 427 g/mol. The molecule has 2 amide bonds. The highest BCUT2D eigenvalue weighted by Crippen LogP contribution is 2.54. The molecular formula is C20H21N5O4S. The molecule has 10 heteroatoms. The lowest BCUT2D eigenvalue weighted by Crippen LogP contribution is -2.46. The molecule has 30 heavy (non-hydrogen) atoms. The number of ether oxygens (including phenoxy) is 1. The van der Waals surface area contributed by atoms with E-state index in [4.69, 9.17) is 9.72 Å². The summed E-state index contributed by atoms with van der Waals surface area (Å²) in [5.74, 6) is -0.433. The van der Waals surface area contributed by atoms with E-state index in [0.717, 1.165) is 36.4 Å². The maximum Gasteiger partial charge on any atom is 0.341 e. The quantitative estimate of drug-likeness (QED) is 0.702. The number of hydrogen-bond acceptors (Lipinski definition) is 8. The van der Waals surface area contributed by atoms with Crippen LogP contribution in [-0.4, -0.2) is 57.3 Å². The number of fused-ring (bicyclic) bond motifs is 2. The highest BCUT2D eigenvalue weighted by atomic mass is 32.1. The fraction of sp³-hybridized carbons (Fsp3) is 0.500. The topological polar surface area (TPSA) is 114 Å². The van der Waals surface area contributed by atoms with E-state index in [9.17, 15) is 14.4 Å². The Morgan fingerprint density at radius 1 is 1.30 bits per heavy atom. The Labute approximate surface area is 176 Å². The minimum Gasteiger partial charge on any atom is -0.462 e. The van der Waals surface area contributed by atoms with Gasteiger partial charge in [-0.25, -0.2) is 19.7 Å². The molecule has 1 N–H and O–H groups in total. The highest BCUT2D eigenvalue weighted by Gasteiger charge is 2.54. The zero-order chi connectivity index (χ0) is 20.9. The maximum atomic E-state index is 13.0. The third-order valence-electron chi connectivity index (χ3n) is 5.65. The largest absolute Gasteiger partial charge is 0.462 e. The van der Waals surface area contributed by atoms with Crippen molar-refractivity contribution in [3.8, 4) is 0 Å². The number of carbonyl (C=O) groups excluding carboxylic acids is 3. The van der Waals surface area contributed by atoms with Crippen molar-refractivity contribution >= 4 is 35.1 Å². The van der Waals surface area contributed by atoms with E-state index in [2.05, 4.69) is 15.3 Å². The number of anilines is 1. The predicted molar refractivity (Wildman–Crippen MR) is 108 cm³/mol. The molecule has 2 aromatic rings. The number of hydrogen-bond donors (Lipinski definition) is 1. The Balaban J connectivity index is 1.26. The van der Waals surface area contributed by atoms with E-state index < -0.39 is 5.97 Å². The molecule has 3 heterocycles. The van der Waals surface area contributed by atoms with E-state index in [1.807, 2.05) is 0 Å². The van der Waals surface area contributed by atoms with Crippen molar-refractivity contribution in [2.45, 2.75) is 43.9 Å². The van der Waals surface area contributed by atoms with Gasteiger partial charge in [0.15, 0.2) is 0 Å². The van der Waals surface area contributed by atoms with Gasteiger partial charge in [-0.1, -0.05) is 0 Å². The first-order valence-corrected chi connectivity index (χ1v) is 10.9. The predicted octanol–water partition coefficient (Wildman–Crippen LogP) is 2.11. The molecule has 0 aromatic carbocycles. The molecule has 5 rings (SSSR count). The van der Waals surface area contributed by atoms with Crippen molar-refractivity contribution in [2.75, 3.05) is 25.0 Å². The van der Waals surface area contributed by atoms with Crippen LogP contribution in [0.5, 0.6) is 0 Å². The van der Waals surface area contributed by atoms with Gasteiger partial charge in [-0.15, -0.1) is 11.3 Å². The first-order valence-electron chi connectivity index (χ1n) is 10.1. The molecule has 2 aromatic heterocycles. The van der Waals surface area contributed by atoms with E-state index >= 15 is 0 Å². The van der Waals surface area contributed by atoms with Crippen LogP contribution in [0, 0.1) is 0 Å². The second-order valence-corrected chi connectivity index (χ2v) is 9.04. The van der Waals surface area contributed by atoms with Gasteiger partial charge in [0.25, 0.3) is 5.91 Å². The van der Waals surface area contributed by atoms with Crippen LogP contribution < -0.4 is 5.32 Å². The Morgan fingerprint density at radius 3 is 2.67 bits per heavy atom. The van der Waals surface area contributed by atoms with Crippen LogP contribution in [0.2, 0.25) is 0 Å². The standard InChI is InChI=1S/C20H21N5O4S/c1-2-29-18(28)12-7-21-19(22-8-12)23-13(26)9-25-10-20(5-6-20)15-14(17(25)27)30-16(24-15)11-3-4-11/h7-8,11H,2-6,9-10H2,1H3,(H,21,22,23,26). The van der Waals surface area contributed by atoms with Gasteiger partial charge >= 0.3 is 5.97 Å². The number of aromatic nitrogens is 3. The van der Waals surface area contributed by atoms with Crippen LogP contribution in [0.25, 0.3) is 0 Å². The summed E-state index contributed by atoms with van der Waals surface area (Å²) in [6.07, 6.45) is 6.89. The van der Waals surface area contributed by atoms with Gasteiger partial charge in [0.05, 0.1) is 22.9 Å². The summed E-state index contributed by atoms with van der Waals surface area (Å²) in [6, 6.07) is 0. The summed E-state index contributed by atoms with van der Waals surface area (Å²) in [7, 11) is 0. The summed E-state index contributed by atoms with van der Waals surface area (Å²) in [5, 5.41) is 3.66. The summed E-state index contributed by atoms with van der Waals surface area (Å²) in [4.78, 5) is 52.3. The summed E-state index contributed by atoms with van der Waals surface area (Å²) in [5.41, 5.74) is 1.08. The number of esters is 1. The molecule has 9 nitrogen and oxygen atoms in total. The lowest BCUT2D eigenvalue weighted by Gasteiger charge is -2.31. The van der Waals surface area contributed by atoms with Crippen LogP contribution in [0.4, 0.5) is 5.95 Å². The molecule has 0 bridgehead atoms. The third-order valence-corrected chi connectivity index (χ3v) is 6.86. The molecule has 0 atom stereocenters. The van der Waals surface area contributed by atoms with Crippen molar-refractivity contribution in [1.82, 2.24) is 19.9 Å². The zero-order valence-electron chi connectivity index (χ0n) is 16.5. The molecule has 0 radical (unpaired) electrons. The summed E-state index contributed by atoms with van der Waals surface area (Å²) < 4.78 is 4.88. The number of carbonyl (C=O) groups is 3. The Morgan fingerprint density at radius 2 is 2.03 bits per heavy atom. The molecule has 1 spiro atoms. The fourth-order valence-corrected chi connectivity index (χ4v) is 5.05. The van der Waals surface area contributed by atoms with E-state index in [1.165, 1.54) is 23.7 Å². The number of nitrogens with zero attached hydrogens (tertiary/aromatic N) is 4. The third kappa shape index (κ3) is 3.45. The number of nitrogens with one attached hydrogen (secondary N) is 1. The summed E-state index contributed by atoms with van der Waals surface area (Å²) in [6.45, 7) is 2.41. The van der Waals surface area contributed by atoms with Gasteiger partial charge in [-0.2, -0.15) is 0 Å². The normalized spacial score (nSPS) is 18.8. The zero-order valence-corrected chi connectivity index (χ0v) is 17.3. The molecule has 3 aliphatic rings. The van der Waals surface area contributed by atoms with E-state index in [-0.39, 0.29) is 41.9 Å². The van der Waals surface area contributed by atoms with Crippen LogP contribution in [0.1, 0.15) is 69.3 Å². The van der Waals surface area contributed by atoms with Crippen molar-refractivity contribution in [3.63, 3.8) is 0 Å². The van der Waals surface area contributed by atoms with Gasteiger partial charge in [0.2, 0.25) is 11.9 Å². The van der Waals surface area contributed by atoms with Crippen LogP contribution in [0.15, 0.2) is 12.4 Å². The molecule has 0 unspecified atom stereocenters. The Bertz CT molecular complexity index is 1030. The molecule has 2 aliphatic carbocycles. The van der Waals surface area contributed by atoms with E-state index in [0.29, 0.717) is 17.3 Å². The molecule has 156 valence electrons. The maximum absolute atomic E-state index is 13.0. The molecular weight excluding hydrogens is 406 g/mol. The Kier molecular flexibility index (Phi) is 4.53. The molecule has 0 saturated heterocycles. The van der Waals surface area contributed by atoms with Crippen molar-refractivity contribution in [1.29, 1.82) is 0 Å². The second-order valence-electron chi connectivity index (χ2n) is 8.01. The van der Waals surface area contributed by atoms with Crippen LogP contribution >= 0.6 is 11.3 Å². The second kappa shape index (κ2) is 7.12. The van der Waals surface area contributed by atoms with Gasteiger partial charge in [-0.05, 0) is 32.6 Å². The number of thiazole rings is 1. The first-order chi connectivity index (χ1) is 14.5. The fourth-order valence-electron chi connectivity index (χ4n) is 3.73.